The van der Waals surface area contributed by atoms with Gasteiger partial charge >= 0.3 is 0 Å². The molecule has 0 aromatic carbocycles. The van der Waals surface area contributed by atoms with E-state index in [9.17, 15) is 0 Å². The Kier molecular flexibility index (Phi) is 3.14. The van der Waals surface area contributed by atoms with E-state index in [1.54, 1.807) is 0 Å². The van der Waals surface area contributed by atoms with Crippen molar-refractivity contribution in [2.45, 2.75) is 52.0 Å². The highest BCUT2D eigenvalue weighted by molar-refractivity contribution is 7.71. The molecule has 1 aliphatic rings. The number of nitrogens with one attached hydrogen (secondary N) is 1. The third kappa shape index (κ3) is 2.30. The van der Waals surface area contributed by atoms with Gasteiger partial charge in [0.2, 0.25) is 0 Å². The number of hydrogen-bond acceptors (Lipinski definition) is 3. The van der Waals surface area contributed by atoms with Crippen molar-refractivity contribution in [3.63, 3.8) is 0 Å². The van der Waals surface area contributed by atoms with Crippen molar-refractivity contribution >= 4 is 23.6 Å². The van der Waals surface area contributed by atoms with Crippen molar-refractivity contribution in [1.29, 1.82) is 0 Å². The number of H-pyrrole nitrogens is 1. The van der Waals surface area contributed by atoms with Crippen molar-refractivity contribution in [3.8, 4) is 10.7 Å². The van der Waals surface area contributed by atoms with Gasteiger partial charge in [0.25, 0.3) is 0 Å². The highest BCUT2D eigenvalue weighted by atomic mass is 32.1. The summed E-state index contributed by atoms with van der Waals surface area (Å²) >= 11 is 7.26. The van der Waals surface area contributed by atoms with Gasteiger partial charge in [-0.05, 0) is 70.3 Å². The first-order chi connectivity index (χ1) is 8.97. The zero-order valence-electron chi connectivity index (χ0n) is 11.6. The van der Waals surface area contributed by atoms with Crippen LogP contribution in [0.15, 0.2) is 6.07 Å². The van der Waals surface area contributed by atoms with Gasteiger partial charge in [-0.25, -0.2) is 0 Å². The van der Waals surface area contributed by atoms with Gasteiger partial charge in [-0.15, -0.1) is 11.3 Å². The van der Waals surface area contributed by atoms with Gasteiger partial charge in [0.05, 0.1) is 4.88 Å². The second-order valence-corrected chi connectivity index (χ2v) is 7.65. The zero-order chi connectivity index (χ0) is 13.6. The average Bonchev–Trinajstić information content (AvgIpc) is 2.90. The predicted octanol–water partition coefficient (Wildman–Crippen LogP) is 4.30. The van der Waals surface area contributed by atoms with E-state index in [4.69, 9.17) is 12.2 Å². The molecule has 2 aromatic heterocycles. The largest absolute Gasteiger partial charge is 0.294 e. The fourth-order valence-electron chi connectivity index (χ4n) is 2.69. The van der Waals surface area contributed by atoms with Gasteiger partial charge in [0.1, 0.15) is 0 Å². The molecule has 0 fully saturated rings. The smallest absolute Gasteiger partial charge is 0.195 e. The third-order valence-electron chi connectivity index (χ3n) is 3.56. The fourth-order valence-corrected chi connectivity index (χ4v) is 4.32. The molecule has 0 aliphatic heterocycles. The summed E-state index contributed by atoms with van der Waals surface area (Å²) in [5.41, 5.74) is 1.46. The highest BCUT2D eigenvalue weighted by Crippen LogP contribution is 2.36. The van der Waals surface area contributed by atoms with E-state index in [1.807, 2.05) is 11.3 Å². The van der Waals surface area contributed by atoms with E-state index < -0.39 is 0 Å². The first-order valence-corrected chi connectivity index (χ1v) is 7.99. The molecule has 0 bridgehead atoms. The van der Waals surface area contributed by atoms with Gasteiger partial charge in [-0.1, -0.05) is 0 Å². The molecular weight excluding hydrogens is 274 g/mol. The zero-order valence-corrected chi connectivity index (χ0v) is 13.2. The van der Waals surface area contributed by atoms with Crippen LogP contribution < -0.4 is 0 Å². The maximum absolute atomic E-state index is 5.38. The van der Waals surface area contributed by atoms with Crippen molar-refractivity contribution < 1.29 is 0 Å². The van der Waals surface area contributed by atoms with E-state index in [2.05, 4.69) is 41.6 Å². The van der Waals surface area contributed by atoms with Crippen LogP contribution in [0.3, 0.4) is 0 Å². The number of fused-ring (bicyclic) bond motifs is 1. The standard InChI is InChI=1S/C14H19N3S2/c1-14(2,3)17-12(15-16-13(17)18)11-8-9-6-4-5-7-10(9)19-11/h8H,4-7H2,1-3H3,(H,16,18). The molecule has 0 atom stereocenters. The molecule has 0 saturated carbocycles. The summed E-state index contributed by atoms with van der Waals surface area (Å²) < 4.78 is 2.83. The molecule has 3 rings (SSSR count). The lowest BCUT2D eigenvalue weighted by atomic mass is 9.99. The molecule has 0 spiro atoms. The van der Waals surface area contributed by atoms with Gasteiger partial charge in [0, 0.05) is 10.4 Å². The molecule has 1 aliphatic carbocycles. The monoisotopic (exact) mass is 293 g/mol. The van der Waals surface area contributed by atoms with Gasteiger partial charge in [-0.2, -0.15) is 5.10 Å². The molecule has 1 N–H and O–H groups in total. The van der Waals surface area contributed by atoms with E-state index in [-0.39, 0.29) is 5.54 Å². The summed E-state index contributed by atoms with van der Waals surface area (Å²) in [5.74, 6) is 0.983. The number of rotatable bonds is 1. The molecule has 102 valence electrons. The SMILES string of the molecule is CC(C)(C)n1c(-c2cc3c(s2)CCCC3)n[nH]c1=S. The van der Waals surface area contributed by atoms with Crippen LogP contribution in [0.4, 0.5) is 0 Å². The van der Waals surface area contributed by atoms with Crippen molar-refractivity contribution in [2.24, 2.45) is 0 Å². The Labute approximate surface area is 122 Å². The number of aromatic nitrogens is 3. The second kappa shape index (κ2) is 4.56. The van der Waals surface area contributed by atoms with Crippen LogP contribution in [0.1, 0.15) is 44.1 Å². The molecule has 0 saturated heterocycles. The van der Waals surface area contributed by atoms with Crippen molar-refractivity contribution in [1.82, 2.24) is 14.8 Å². The lowest BCUT2D eigenvalue weighted by Gasteiger charge is -2.22. The van der Waals surface area contributed by atoms with E-state index >= 15 is 0 Å². The normalized spacial score (nSPS) is 15.5. The van der Waals surface area contributed by atoms with Crippen LogP contribution in [0.5, 0.6) is 0 Å². The van der Waals surface area contributed by atoms with Crippen LogP contribution in [0.25, 0.3) is 10.7 Å². The summed E-state index contributed by atoms with van der Waals surface area (Å²) in [7, 11) is 0. The summed E-state index contributed by atoms with van der Waals surface area (Å²) in [6.07, 6.45) is 5.07. The Hall–Kier alpha value is -0.940. The first-order valence-electron chi connectivity index (χ1n) is 6.76. The van der Waals surface area contributed by atoms with Crippen LogP contribution >= 0.6 is 23.6 Å². The summed E-state index contributed by atoms with van der Waals surface area (Å²) in [4.78, 5) is 2.78. The minimum absolute atomic E-state index is 0.0517. The van der Waals surface area contributed by atoms with Gasteiger partial charge in [0.15, 0.2) is 10.6 Å². The molecule has 0 unspecified atom stereocenters. The predicted molar refractivity (Wildman–Crippen MR) is 82.4 cm³/mol. The van der Waals surface area contributed by atoms with Crippen LogP contribution in [0, 0.1) is 4.77 Å². The minimum atomic E-state index is -0.0517. The number of thiophene rings is 1. The highest BCUT2D eigenvalue weighted by Gasteiger charge is 2.23. The molecule has 0 radical (unpaired) electrons. The van der Waals surface area contributed by atoms with Gasteiger partial charge in [-0.3, -0.25) is 9.67 Å². The Bertz CT molecular complexity index is 632. The molecule has 3 nitrogen and oxygen atoms in total. The Balaban J connectivity index is 2.13. The molecule has 5 heteroatoms. The summed E-state index contributed by atoms with van der Waals surface area (Å²) in [5, 5.41) is 7.40. The number of nitrogens with zero attached hydrogens (tertiary/aromatic N) is 2. The van der Waals surface area contributed by atoms with E-state index in [1.165, 1.54) is 41.0 Å². The topological polar surface area (TPSA) is 33.6 Å². The Morgan fingerprint density at radius 2 is 2.05 bits per heavy atom. The third-order valence-corrected chi connectivity index (χ3v) is 5.07. The van der Waals surface area contributed by atoms with Crippen LogP contribution in [-0.4, -0.2) is 14.8 Å². The van der Waals surface area contributed by atoms with Crippen molar-refractivity contribution in [2.75, 3.05) is 0 Å². The second-order valence-electron chi connectivity index (χ2n) is 6.12. The van der Waals surface area contributed by atoms with Crippen molar-refractivity contribution in [3.05, 3.63) is 21.3 Å². The Morgan fingerprint density at radius 1 is 1.32 bits per heavy atom. The average molecular weight is 293 g/mol. The molecule has 19 heavy (non-hydrogen) atoms. The maximum atomic E-state index is 5.38. The quantitative estimate of drug-likeness (QED) is 0.795. The van der Waals surface area contributed by atoms with Crippen LogP contribution in [-0.2, 0) is 18.4 Å². The molecule has 2 aromatic rings. The maximum Gasteiger partial charge on any atom is 0.195 e. The van der Waals surface area contributed by atoms with Gasteiger partial charge < -0.3 is 0 Å². The molecular formula is C14H19N3S2. The minimum Gasteiger partial charge on any atom is -0.294 e. The number of aromatic amines is 1. The molecule has 0 amide bonds. The fraction of sp³-hybridized carbons (Fsp3) is 0.571. The first kappa shape index (κ1) is 13.1. The molecule has 2 heterocycles. The summed E-state index contributed by atoms with van der Waals surface area (Å²) in [6.45, 7) is 6.49. The van der Waals surface area contributed by atoms with Crippen LogP contribution in [0.2, 0.25) is 0 Å². The lowest BCUT2D eigenvalue weighted by molar-refractivity contribution is 0.396. The van der Waals surface area contributed by atoms with E-state index in [0.29, 0.717) is 4.77 Å². The summed E-state index contributed by atoms with van der Waals surface area (Å²) in [6, 6.07) is 2.31. The number of hydrogen-bond donors (Lipinski definition) is 1. The van der Waals surface area contributed by atoms with E-state index in [0.717, 1.165) is 5.82 Å². The lowest BCUT2D eigenvalue weighted by Crippen LogP contribution is -2.22. The Morgan fingerprint density at radius 3 is 2.74 bits per heavy atom. The number of aryl methyl sites for hydroxylation is 2.